The summed E-state index contributed by atoms with van der Waals surface area (Å²) in [7, 11) is 0. The molecule has 1 aromatic rings. The Morgan fingerprint density at radius 2 is 2.38 bits per heavy atom. The molecule has 0 bridgehead atoms. The summed E-state index contributed by atoms with van der Waals surface area (Å²) in [5.74, 6) is 2.31. The van der Waals surface area contributed by atoms with Gasteiger partial charge in [-0.3, -0.25) is 10.1 Å². The number of rotatable bonds is 5. The molecule has 0 saturated carbocycles. The lowest BCUT2D eigenvalue weighted by atomic mass is 10.2. The van der Waals surface area contributed by atoms with E-state index in [1.165, 1.54) is 4.88 Å². The zero-order valence-electron chi connectivity index (χ0n) is 9.49. The Labute approximate surface area is 100 Å². The van der Waals surface area contributed by atoms with Crippen molar-refractivity contribution < 1.29 is 4.79 Å². The molecular formula is C12H16N2OS. The molecule has 0 aromatic carbocycles. The Bertz CT molecular complexity index is 367. The van der Waals surface area contributed by atoms with Crippen LogP contribution < -0.4 is 10.6 Å². The second kappa shape index (κ2) is 6.31. The number of terminal acetylenes is 1. The molecule has 1 amide bonds. The first-order valence-electron chi connectivity index (χ1n) is 5.15. The van der Waals surface area contributed by atoms with E-state index in [1.54, 1.807) is 11.3 Å². The lowest BCUT2D eigenvalue weighted by Gasteiger charge is -2.18. The van der Waals surface area contributed by atoms with Crippen molar-refractivity contribution in [1.82, 2.24) is 10.6 Å². The van der Waals surface area contributed by atoms with E-state index in [1.807, 2.05) is 31.4 Å². The molecule has 1 heterocycles. The number of thiophene rings is 1. The fourth-order valence-electron chi connectivity index (χ4n) is 1.36. The minimum atomic E-state index is -0.245. The van der Waals surface area contributed by atoms with Gasteiger partial charge in [-0.2, -0.15) is 0 Å². The highest BCUT2D eigenvalue weighted by Crippen LogP contribution is 2.18. The van der Waals surface area contributed by atoms with Crippen LogP contribution >= 0.6 is 11.3 Å². The van der Waals surface area contributed by atoms with Gasteiger partial charge in [-0.05, 0) is 25.3 Å². The molecule has 0 aliphatic carbocycles. The summed E-state index contributed by atoms with van der Waals surface area (Å²) in [5.41, 5.74) is 0. The third-order valence-electron chi connectivity index (χ3n) is 2.23. The molecular weight excluding hydrogens is 220 g/mol. The van der Waals surface area contributed by atoms with Crippen LogP contribution in [0.25, 0.3) is 0 Å². The van der Waals surface area contributed by atoms with E-state index >= 15 is 0 Å². The van der Waals surface area contributed by atoms with Crippen molar-refractivity contribution in [1.29, 1.82) is 0 Å². The van der Waals surface area contributed by atoms with Crippen molar-refractivity contribution in [2.45, 2.75) is 25.9 Å². The molecule has 0 fully saturated rings. The first kappa shape index (κ1) is 12.8. The minimum Gasteiger partial charge on any atom is -0.344 e. The van der Waals surface area contributed by atoms with Crippen LogP contribution in [0, 0.1) is 12.3 Å². The van der Waals surface area contributed by atoms with Gasteiger partial charge in [0.25, 0.3) is 0 Å². The fourth-order valence-corrected chi connectivity index (χ4v) is 2.11. The topological polar surface area (TPSA) is 41.1 Å². The molecule has 0 aliphatic heterocycles. The maximum absolute atomic E-state index is 11.5. The normalized spacial score (nSPS) is 13.8. The molecule has 2 atom stereocenters. The van der Waals surface area contributed by atoms with Gasteiger partial charge in [-0.1, -0.05) is 12.0 Å². The van der Waals surface area contributed by atoms with Gasteiger partial charge >= 0.3 is 0 Å². The molecule has 0 spiro atoms. The predicted octanol–water partition coefficient (Wildman–Crippen LogP) is 1.54. The summed E-state index contributed by atoms with van der Waals surface area (Å²) in [4.78, 5) is 12.8. The summed E-state index contributed by atoms with van der Waals surface area (Å²) in [6.07, 6.45) is 5.07. The maximum Gasteiger partial charge on any atom is 0.237 e. The van der Waals surface area contributed by atoms with Crippen LogP contribution in [0.2, 0.25) is 0 Å². The fraction of sp³-hybridized carbons (Fsp3) is 0.417. The van der Waals surface area contributed by atoms with Gasteiger partial charge in [0.1, 0.15) is 0 Å². The minimum absolute atomic E-state index is 0.0682. The Hall–Kier alpha value is -1.31. The van der Waals surface area contributed by atoms with Crippen molar-refractivity contribution in [2.75, 3.05) is 6.54 Å². The van der Waals surface area contributed by atoms with Gasteiger partial charge in [0.15, 0.2) is 0 Å². The molecule has 0 saturated heterocycles. The van der Waals surface area contributed by atoms with Gasteiger partial charge < -0.3 is 5.32 Å². The number of nitrogens with one attached hydrogen (secondary N) is 2. The average Bonchev–Trinajstić information content (AvgIpc) is 2.79. The van der Waals surface area contributed by atoms with Gasteiger partial charge in [-0.25, -0.2) is 0 Å². The van der Waals surface area contributed by atoms with E-state index in [9.17, 15) is 4.79 Å². The Morgan fingerprint density at radius 3 is 2.94 bits per heavy atom. The number of hydrogen-bond donors (Lipinski definition) is 2. The Balaban J connectivity index is 2.42. The van der Waals surface area contributed by atoms with Crippen molar-refractivity contribution in [3.8, 4) is 12.3 Å². The predicted molar refractivity (Wildman–Crippen MR) is 67.2 cm³/mol. The Kier molecular flexibility index (Phi) is 5.03. The molecule has 3 nitrogen and oxygen atoms in total. The third kappa shape index (κ3) is 3.69. The van der Waals surface area contributed by atoms with Crippen LogP contribution in [0.5, 0.6) is 0 Å². The average molecular weight is 236 g/mol. The molecule has 1 rings (SSSR count). The maximum atomic E-state index is 11.5. The number of hydrogen-bond acceptors (Lipinski definition) is 3. The highest BCUT2D eigenvalue weighted by atomic mass is 32.1. The summed E-state index contributed by atoms with van der Waals surface area (Å²) in [5, 5.41) is 7.89. The lowest BCUT2D eigenvalue weighted by molar-refractivity contribution is -0.122. The highest BCUT2D eigenvalue weighted by molar-refractivity contribution is 7.10. The van der Waals surface area contributed by atoms with E-state index in [-0.39, 0.29) is 24.5 Å². The van der Waals surface area contributed by atoms with E-state index in [0.29, 0.717) is 0 Å². The molecule has 2 N–H and O–H groups in total. The largest absolute Gasteiger partial charge is 0.344 e. The molecule has 86 valence electrons. The van der Waals surface area contributed by atoms with Crippen LogP contribution in [-0.2, 0) is 4.79 Å². The van der Waals surface area contributed by atoms with E-state index in [2.05, 4.69) is 16.6 Å². The van der Waals surface area contributed by atoms with Crippen LogP contribution in [0.1, 0.15) is 24.8 Å². The smallest absolute Gasteiger partial charge is 0.237 e. The van der Waals surface area contributed by atoms with Gasteiger partial charge in [-0.15, -0.1) is 17.8 Å². The summed E-state index contributed by atoms with van der Waals surface area (Å²) >= 11 is 1.68. The first-order chi connectivity index (χ1) is 7.65. The quantitative estimate of drug-likeness (QED) is 0.761. The van der Waals surface area contributed by atoms with Gasteiger partial charge in [0, 0.05) is 10.9 Å². The zero-order chi connectivity index (χ0) is 12.0. The zero-order valence-corrected chi connectivity index (χ0v) is 10.3. The molecule has 0 radical (unpaired) electrons. The van der Waals surface area contributed by atoms with E-state index in [4.69, 9.17) is 6.42 Å². The monoisotopic (exact) mass is 236 g/mol. The van der Waals surface area contributed by atoms with Crippen molar-refractivity contribution in [2.24, 2.45) is 0 Å². The Morgan fingerprint density at radius 1 is 1.62 bits per heavy atom. The molecule has 1 aromatic heterocycles. The van der Waals surface area contributed by atoms with E-state index < -0.39 is 0 Å². The summed E-state index contributed by atoms with van der Waals surface area (Å²) in [6.45, 7) is 4.14. The molecule has 0 aliphatic rings. The van der Waals surface area contributed by atoms with Crippen molar-refractivity contribution >= 4 is 17.2 Å². The molecule has 16 heavy (non-hydrogen) atoms. The van der Waals surface area contributed by atoms with Crippen LogP contribution in [-0.4, -0.2) is 18.5 Å². The summed E-state index contributed by atoms with van der Waals surface area (Å²) in [6, 6.07) is 3.98. The third-order valence-corrected chi connectivity index (χ3v) is 3.28. The summed E-state index contributed by atoms with van der Waals surface area (Å²) < 4.78 is 0. The van der Waals surface area contributed by atoms with Gasteiger partial charge in [0.05, 0.1) is 12.6 Å². The van der Waals surface area contributed by atoms with Crippen LogP contribution in [0.4, 0.5) is 0 Å². The van der Waals surface area contributed by atoms with Crippen molar-refractivity contribution in [3.63, 3.8) is 0 Å². The van der Waals surface area contributed by atoms with E-state index in [0.717, 1.165) is 0 Å². The number of amides is 1. The molecule has 1 unspecified atom stereocenters. The number of carbonyl (C=O) groups is 1. The number of carbonyl (C=O) groups excluding carboxylic acids is 1. The van der Waals surface area contributed by atoms with Crippen LogP contribution in [0.3, 0.4) is 0 Å². The SMILES string of the molecule is C#CCNC(=O)C(C)N[C@H](C)c1cccs1. The first-order valence-corrected chi connectivity index (χ1v) is 6.03. The standard InChI is InChI=1S/C12H16N2OS/c1-4-7-13-12(15)10(3)14-9(2)11-6-5-8-16-11/h1,5-6,8-10,14H,7H2,2-3H3,(H,13,15)/t9-,10?/m1/s1. The van der Waals surface area contributed by atoms with Gasteiger partial charge in [0.2, 0.25) is 5.91 Å². The lowest BCUT2D eigenvalue weighted by Crippen LogP contribution is -2.43. The van der Waals surface area contributed by atoms with Crippen molar-refractivity contribution in [3.05, 3.63) is 22.4 Å². The van der Waals surface area contributed by atoms with Crippen LogP contribution in [0.15, 0.2) is 17.5 Å². The second-order valence-corrected chi connectivity index (χ2v) is 4.53. The highest BCUT2D eigenvalue weighted by Gasteiger charge is 2.15. The molecule has 4 heteroatoms. The second-order valence-electron chi connectivity index (χ2n) is 3.55.